The molecule has 5 heteroatoms. The molecule has 0 aromatic heterocycles. The topological polar surface area (TPSA) is 55.8 Å². The van der Waals surface area contributed by atoms with Gasteiger partial charge in [0, 0.05) is 12.6 Å². The average molecular weight is 229 g/mol. The third-order valence-corrected chi connectivity index (χ3v) is 3.08. The summed E-state index contributed by atoms with van der Waals surface area (Å²) in [4.78, 5) is 24.3. The first-order valence-corrected chi connectivity index (χ1v) is 5.51. The summed E-state index contributed by atoms with van der Waals surface area (Å²) in [6, 6.07) is 0.0894. The summed E-state index contributed by atoms with van der Waals surface area (Å²) in [7, 11) is 2.75. The van der Waals surface area contributed by atoms with Crippen LogP contribution in [0.5, 0.6) is 0 Å². The molecule has 1 amide bonds. The first-order valence-electron chi connectivity index (χ1n) is 5.51. The van der Waals surface area contributed by atoms with Crippen LogP contribution >= 0.6 is 0 Å². The number of esters is 1. The molecule has 0 bridgehead atoms. The Kier molecular flexibility index (Phi) is 4.58. The van der Waals surface area contributed by atoms with Crippen LogP contribution in [0, 0.1) is 5.92 Å². The number of carbonyl (C=O) groups excluding carboxylic acids is 2. The molecule has 1 saturated heterocycles. The van der Waals surface area contributed by atoms with Gasteiger partial charge in [-0.1, -0.05) is 6.92 Å². The van der Waals surface area contributed by atoms with Crippen molar-refractivity contribution in [3.63, 3.8) is 0 Å². The second-order valence-electron chi connectivity index (χ2n) is 4.13. The van der Waals surface area contributed by atoms with Gasteiger partial charge in [0.2, 0.25) is 0 Å². The van der Waals surface area contributed by atoms with E-state index in [0.29, 0.717) is 13.0 Å². The van der Waals surface area contributed by atoms with Crippen LogP contribution < -0.4 is 0 Å². The molecule has 1 fully saturated rings. The lowest BCUT2D eigenvalue weighted by molar-refractivity contribution is -0.142. The van der Waals surface area contributed by atoms with Crippen LogP contribution in [0.15, 0.2) is 0 Å². The molecular formula is C11H19NO4. The van der Waals surface area contributed by atoms with Gasteiger partial charge in [0.1, 0.15) is 0 Å². The Bertz CT molecular complexity index is 267. The fourth-order valence-electron chi connectivity index (χ4n) is 2.21. The molecule has 1 rings (SSSR count). The van der Waals surface area contributed by atoms with Crippen molar-refractivity contribution in [2.45, 2.75) is 32.2 Å². The van der Waals surface area contributed by atoms with E-state index in [9.17, 15) is 9.59 Å². The van der Waals surface area contributed by atoms with Crippen LogP contribution in [0.1, 0.15) is 26.2 Å². The number of carbonyl (C=O) groups is 2. The van der Waals surface area contributed by atoms with Gasteiger partial charge in [0.15, 0.2) is 0 Å². The molecule has 1 aliphatic rings. The number of rotatable bonds is 3. The maximum Gasteiger partial charge on any atom is 0.409 e. The van der Waals surface area contributed by atoms with Crippen molar-refractivity contribution >= 4 is 12.1 Å². The molecular weight excluding hydrogens is 210 g/mol. The highest BCUT2D eigenvalue weighted by molar-refractivity contribution is 5.70. The summed E-state index contributed by atoms with van der Waals surface area (Å²) in [5.74, 6) is -0.127. The van der Waals surface area contributed by atoms with E-state index in [0.717, 1.165) is 12.8 Å². The summed E-state index contributed by atoms with van der Waals surface area (Å²) < 4.78 is 9.35. The van der Waals surface area contributed by atoms with Crippen LogP contribution in [0.2, 0.25) is 0 Å². The molecule has 2 atom stereocenters. The standard InChI is InChI=1S/C11H19NO4/c1-8(7-10(13)15-2)9-5-4-6-12(9)11(14)16-3/h8-9H,4-7H2,1-3H3. The van der Waals surface area contributed by atoms with Gasteiger partial charge in [-0.15, -0.1) is 0 Å². The van der Waals surface area contributed by atoms with Gasteiger partial charge in [-0.3, -0.25) is 4.79 Å². The van der Waals surface area contributed by atoms with Crippen molar-refractivity contribution in [2.75, 3.05) is 20.8 Å². The highest BCUT2D eigenvalue weighted by Crippen LogP contribution is 2.26. The first kappa shape index (κ1) is 12.8. The lowest BCUT2D eigenvalue weighted by Crippen LogP contribution is -2.39. The molecule has 92 valence electrons. The Morgan fingerprint density at radius 2 is 2.06 bits per heavy atom. The Morgan fingerprint density at radius 3 is 2.62 bits per heavy atom. The van der Waals surface area contributed by atoms with E-state index in [2.05, 4.69) is 4.74 Å². The van der Waals surface area contributed by atoms with E-state index < -0.39 is 0 Å². The van der Waals surface area contributed by atoms with Gasteiger partial charge in [0.25, 0.3) is 0 Å². The molecule has 0 spiro atoms. The summed E-state index contributed by atoms with van der Waals surface area (Å²) in [6.07, 6.45) is 1.92. The zero-order valence-electron chi connectivity index (χ0n) is 10.1. The van der Waals surface area contributed by atoms with Gasteiger partial charge < -0.3 is 14.4 Å². The molecule has 5 nitrogen and oxygen atoms in total. The van der Waals surface area contributed by atoms with Crippen molar-refractivity contribution in [1.29, 1.82) is 0 Å². The second-order valence-corrected chi connectivity index (χ2v) is 4.13. The molecule has 0 radical (unpaired) electrons. The minimum Gasteiger partial charge on any atom is -0.469 e. The normalized spacial score (nSPS) is 21.7. The quantitative estimate of drug-likeness (QED) is 0.687. The lowest BCUT2D eigenvalue weighted by atomic mass is 9.96. The van der Waals surface area contributed by atoms with Crippen molar-refractivity contribution in [1.82, 2.24) is 4.90 Å². The summed E-state index contributed by atoms with van der Waals surface area (Å²) >= 11 is 0. The summed E-state index contributed by atoms with van der Waals surface area (Å²) in [6.45, 7) is 2.67. The van der Waals surface area contributed by atoms with Crippen molar-refractivity contribution in [3.05, 3.63) is 0 Å². The number of ether oxygens (including phenoxy) is 2. The first-order chi connectivity index (χ1) is 7.60. The molecule has 0 aliphatic carbocycles. The second kappa shape index (κ2) is 5.72. The fourth-order valence-corrected chi connectivity index (χ4v) is 2.21. The molecule has 0 aromatic rings. The molecule has 1 heterocycles. The zero-order valence-corrected chi connectivity index (χ0v) is 10.1. The van der Waals surface area contributed by atoms with Crippen molar-refractivity contribution in [2.24, 2.45) is 5.92 Å². The van der Waals surface area contributed by atoms with Gasteiger partial charge >= 0.3 is 12.1 Å². The molecule has 2 unspecified atom stereocenters. The Morgan fingerprint density at radius 1 is 1.38 bits per heavy atom. The third kappa shape index (κ3) is 2.87. The summed E-state index contributed by atoms with van der Waals surface area (Å²) in [5.41, 5.74) is 0. The monoisotopic (exact) mass is 229 g/mol. The molecule has 16 heavy (non-hydrogen) atoms. The van der Waals surface area contributed by atoms with E-state index in [4.69, 9.17) is 4.74 Å². The van der Waals surface area contributed by atoms with E-state index in [-0.39, 0.29) is 24.0 Å². The maximum atomic E-state index is 11.5. The highest BCUT2D eigenvalue weighted by Gasteiger charge is 2.34. The minimum absolute atomic E-state index is 0.0894. The van der Waals surface area contributed by atoms with Gasteiger partial charge in [0.05, 0.1) is 20.6 Å². The Labute approximate surface area is 95.7 Å². The van der Waals surface area contributed by atoms with Crippen LogP contribution in [0.3, 0.4) is 0 Å². The van der Waals surface area contributed by atoms with Gasteiger partial charge in [-0.25, -0.2) is 4.79 Å². The smallest absolute Gasteiger partial charge is 0.409 e. The molecule has 1 aliphatic heterocycles. The number of hydrogen-bond donors (Lipinski definition) is 0. The maximum absolute atomic E-state index is 11.5. The fraction of sp³-hybridized carbons (Fsp3) is 0.818. The van der Waals surface area contributed by atoms with E-state index in [1.807, 2.05) is 6.92 Å². The van der Waals surface area contributed by atoms with E-state index in [1.165, 1.54) is 14.2 Å². The van der Waals surface area contributed by atoms with Gasteiger partial charge in [-0.2, -0.15) is 0 Å². The average Bonchev–Trinajstić information content (AvgIpc) is 2.76. The van der Waals surface area contributed by atoms with E-state index >= 15 is 0 Å². The Hall–Kier alpha value is -1.26. The van der Waals surface area contributed by atoms with Crippen LogP contribution in [-0.4, -0.2) is 43.8 Å². The molecule has 0 saturated carbocycles. The molecule has 0 N–H and O–H groups in total. The SMILES string of the molecule is COC(=O)CC(C)C1CCCN1C(=O)OC. The number of nitrogens with zero attached hydrogens (tertiary/aromatic N) is 1. The Balaban J connectivity index is 2.57. The minimum atomic E-state index is -0.306. The van der Waals surface area contributed by atoms with Crippen molar-refractivity contribution in [3.8, 4) is 0 Å². The van der Waals surface area contributed by atoms with Crippen LogP contribution in [0.25, 0.3) is 0 Å². The van der Waals surface area contributed by atoms with Crippen molar-refractivity contribution < 1.29 is 19.1 Å². The third-order valence-electron chi connectivity index (χ3n) is 3.08. The lowest BCUT2D eigenvalue weighted by Gasteiger charge is -2.27. The number of hydrogen-bond acceptors (Lipinski definition) is 4. The van der Waals surface area contributed by atoms with Crippen LogP contribution in [-0.2, 0) is 14.3 Å². The predicted octanol–water partition coefficient (Wildman–Crippen LogP) is 1.42. The van der Waals surface area contributed by atoms with Crippen LogP contribution in [0.4, 0.5) is 4.79 Å². The number of methoxy groups -OCH3 is 2. The number of amides is 1. The summed E-state index contributed by atoms with van der Waals surface area (Å²) in [5, 5.41) is 0. The van der Waals surface area contributed by atoms with E-state index in [1.54, 1.807) is 4.90 Å². The zero-order chi connectivity index (χ0) is 12.1. The molecule has 0 aromatic carbocycles. The number of likely N-dealkylation sites (tertiary alicyclic amines) is 1. The highest BCUT2D eigenvalue weighted by atomic mass is 16.5. The largest absolute Gasteiger partial charge is 0.469 e. The van der Waals surface area contributed by atoms with Gasteiger partial charge in [-0.05, 0) is 18.8 Å². The predicted molar refractivity (Wildman–Crippen MR) is 57.9 cm³/mol.